The number of rotatable bonds is 0. The van der Waals surface area contributed by atoms with Crippen LogP contribution in [0.25, 0.3) is 0 Å². The van der Waals surface area contributed by atoms with Gasteiger partial charge in [-0.25, -0.2) is 0 Å². The fourth-order valence-electron chi connectivity index (χ4n) is 0. The van der Waals surface area contributed by atoms with Crippen molar-refractivity contribution in [1.29, 1.82) is 0 Å². The molecule has 0 atom stereocenters. The summed E-state index contributed by atoms with van der Waals surface area (Å²) >= 11 is 0. The summed E-state index contributed by atoms with van der Waals surface area (Å²) in [4.78, 5) is 21.7. The van der Waals surface area contributed by atoms with Crippen LogP contribution in [0.3, 0.4) is 0 Å². The van der Waals surface area contributed by atoms with Gasteiger partial charge in [-0.2, -0.15) is 0 Å². The van der Waals surface area contributed by atoms with Gasteiger partial charge in [-0.1, -0.05) is 27.7 Å². The van der Waals surface area contributed by atoms with Crippen LogP contribution in [-0.2, 0) is 0 Å². The van der Waals surface area contributed by atoms with Gasteiger partial charge in [-0.15, -0.1) is 24.8 Å². The minimum atomic E-state index is -2.62. The van der Waals surface area contributed by atoms with Crippen LogP contribution in [0.5, 0.6) is 0 Å². The highest BCUT2D eigenvalue weighted by Gasteiger charge is 1.95. The fourth-order valence-corrected chi connectivity index (χ4v) is 0. The molecule has 0 rings (SSSR count). The standard InChI is InChI=1S/C5H12.2ClH.H3O3P/c1-5(2,3)4;;;1-4(2)3/h1-4H3;2*1H;1-3H. The minimum Gasteiger partial charge on any atom is -0.328 e. The summed E-state index contributed by atoms with van der Waals surface area (Å²) in [6.45, 7) is 8.75. The maximum atomic E-state index is 7.23. The van der Waals surface area contributed by atoms with Crippen LogP contribution in [-0.4, -0.2) is 14.7 Å². The van der Waals surface area contributed by atoms with E-state index in [4.69, 9.17) is 14.7 Å². The summed E-state index contributed by atoms with van der Waals surface area (Å²) in [6.07, 6.45) is 0. The molecule has 0 aromatic rings. The van der Waals surface area contributed by atoms with E-state index in [0.717, 1.165) is 0 Å². The molecule has 11 heavy (non-hydrogen) atoms. The molecular formula is C5H17Cl2O3P. The van der Waals surface area contributed by atoms with Crippen LogP contribution >= 0.6 is 33.4 Å². The molecule has 0 amide bonds. The third-order valence-corrected chi connectivity index (χ3v) is 0. The van der Waals surface area contributed by atoms with Crippen molar-refractivity contribution in [3.8, 4) is 0 Å². The molecule has 3 nitrogen and oxygen atoms in total. The Kier molecular flexibility index (Phi) is 22.4. The van der Waals surface area contributed by atoms with Crippen molar-refractivity contribution in [1.82, 2.24) is 0 Å². The zero-order valence-electron chi connectivity index (χ0n) is 7.11. The summed E-state index contributed by atoms with van der Waals surface area (Å²) in [5, 5.41) is 0. The molecule has 0 unspecified atom stereocenters. The van der Waals surface area contributed by atoms with Crippen LogP contribution in [0, 0.1) is 5.41 Å². The van der Waals surface area contributed by atoms with E-state index in [-0.39, 0.29) is 24.8 Å². The van der Waals surface area contributed by atoms with Gasteiger partial charge in [-0.3, -0.25) is 0 Å². The predicted molar refractivity (Wildman–Crippen MR) is 53.2 cm³/mol. The molecule has 0 saturated heterocycles. The Bertz CT molecular complexity index is 56.5. The zero-order chi connectivity index (χ0) is 8.08. The van der Waals surface area contributed by atoms with Crippen LogP contribution < -0.4 is 0 Å². The van der Waals surface area contributed by atoms with Gasteiger partial charge in [0, 0.05) is 0 Å². The fraction of sp³-hybridized carbons (Fsp3) is 1.00. The molecule has 0 aromatic carbocycles. The lowest BCUT2D eigenvalue weighted by molar-refractivity contribution is 0.368. The number of halogens is 2. The van der Waals surface area contributed by atoms with Crippen molar-refractivity contribution in [2.45, 2.75) is 27.7 Å². The summed E-state index contributed by atoms with van der Waals surface area (Å²) in [7, 11) is -2.62. The summed E-state index contributed by atoms with van der Waals surface area (Å²) in [5.41, 5.74) is 0.500. The van der Waals surface area contributed by atoms with Gasteiger partial charge in [-0.05, 0) is 5.41 Å². The van der Waals surface area contributed by atoms with Crippen molar-refractivity contribution in [3.05, 3.63) is 0 Å². The number of hydrogen-bond acceptors (Lipinski definition) is 3. The monoisotopic (exact) mass is 226 g/mol. The molecule has 0 spiro atoms. The third-order valence-electron chi connectivity index (χ3n) is 0. The molecule has 0 aliphatic carbocycles. The van der Waals surface area contributed by atoms with Crippen LogP contribution in [0.4, 0.5) is 0 Å². The largest absolute Gasteiger partial charge is 0.328 e. The Morgan fingerprint density at radius 1 is 0.818 bits per heavy atom. The quantitative estimate of drug-likeness (QED) is 0.555. The van der Waals surface area contributed by atoms with Crippen molar-refractivity contribution < 1.29 is 14.7 Å². The molecule has 0 aromatic heterocycles. The Balaban J connectivity index is -0.0000000383. The Morgan fingerprint density at radius 2 is 0.818 bits per heavy atom. The second-order valence-corrected chi connectivity index (χ2v) is 3.80. The molecule has 0 aliphatic heterocycles. The SMILES string of the molecule is CC(C)(C)C.Cl.Cl.OP(O)O. The maximum Gasteiger partial charge on any atom is 0.324 e. The van der Waals surface area contributed by atoms with Crippen molar-refractivity contribution in [3.63, 3.8) is 0 Å². The molecule has 3 N–H and O–H groups in total. The van der Waals surface area contributed by atoms with E-state index in [1.165, 1.54) is 0 Å². The second-order valence-electron chi connectivity index (χ2n) is 3.27. The van der Waals surface area contributed by atoms with Gasteiger partial charge in [0.2, 0.25) is 0 Å². The highest BCUT2D eigenvalue weighted by Crippen LogP contribution is 2.11. The Hall–Kier alpha value is 0.890. The average Bonchev–Trinajstić information content (AvgIpc) is 1.19. The molecule has 0 aliphatic rings. The van der Waals surface area contributed by atoms with Crippen molar-refractivity contribution in [2.24, 2.45) is 5.41 Å². The van der Waals surface area contributed by atoms with Crippen molar-refractivity contribution >= 4 is 33.4 Å². The summed E-state index contributed by atoms with van der Waals surface area (Å²) in [5.74, 6) is 0. The number of hydrogen-bond donors (Lipinski definition) is 3. The first kappa shape index (κ1) is 22.7. The van der Waals surface area contributed by atoms with E-state index in [1.54, 1.807) is 0 Å². The van der Waals surface area contributed by atoms with E-state index in [9.17, 15) is 0 Å². The zero-order valence-corrected chi connectivity index (χ0v) is 9.63. The van der Waals surface area contributed by atoms with E-state index in [0.29, 0.717) is 5.41 Å². The van der Waals surface area contributed by atoms with Crippen LogP contribution in [0.15, 0.2) is 0 Å². The van der Waals surface area contributed by atoms with Crippen LogP contribution in [0.1, 0.15) is 27.7 Å². The van der Waals surface area contributed by atoms with Gasteiger partial charge >= 0.3 is 8.60 Å². The lowest BCUT2D eigenvalue weighted by Gasteiger charge is -2.05. The third kappa shape index (κ3) is 1090. The lowest BCUT2D eigenvalue weighted by Crippen LogP contribution is -1.93. The smallest absolute Gasteiger partial charge is 0.324 e. The topological polar surface area (TPSA) is 60.7 Å². The van der Waals surface area contributed by atoms with Gasteiger partial charge < -0.3 is 14.7 Å². The van der Waals surface area contributed by atoms with E-state index in [2.05, 4.69) is 27.7 Å². The Labute approximate surface area is 81.7 Å². The molecule has 6 heteroatoms. The van der Waals surface area contributed by atoms with E-state index in [1.807, 2.05) is 0 Å². The minimum absolute atomic E-state index is 0. The van der Waals surface area contributed by atoms with Gasteiger partial charge in [0.25, 0.3) is 0 Å². The highest BCUT2D eigenvalue weighted by atomic mass is 35.5. The second kappa shape index (κ2) is 10.9. The average molecular weight is 227 g/mol. The molecule has 0 fully saturated rings. The molecule has 0 radical (unpaired) electrons. The van der Waals surface area contributed by atoms with Crippen molar-refractivity contribution in [2.75, 3.05) is 0 Å². The summed E-state index contributed by atoms with van der Waals surface area (Å²) < 4.78 is 0. The van der Waals surface area contributed by atoms with Crippen LogP contribution in [0.2, 0.25) is 0 Å². The maximum absolute atomic E-state index is 7.23. The first-order valence-corrected chi connectivity index (χ1v) is 3.80. The van der Waals surface area contributed by atoms with Gasteiger partial charge in [0.15, 0.2) is 0 Å². The van der Waals surface area contributed by atoms with E-state index < -0.39 is 8.60 Å². The molecule has 0 bridgehead atoms. The highest BCUT2D eigenvalue weighted by molar-refractivity contribution is 7.38. The van der Waals surface area contributed by atoms with Gasteiger partial charge in [0.05, 0.1) is 0 Å². The van der Waals surface area contributed by atoms with E-state index >= 15 is 0 Å². The van der Waals surface area contributed by atoms with Gasteiger partial charge in [0.1, 0.15) is 0 Å². The predicted octanol–water partition coefficient (Wildman–Crippen LogP) is 2.09. The first-order valence-electron chi connectivity index (χ1n) is 2.60. The lowest BCUT2D eigenvalue weighted by atomic mass is 10.0. The molecule has 0 saturated carbocycles. The normalized spacial score (nSPS) is 8.73. The molecule has 74 valence electrons. The Morgan fingerprint density at radius 3 is 0.818 bits per heavy atom. The molecular weight excluding hydrogens is 210 g/mol. The first-order chi connectivity index (χ1) is 3.73. The summed E-state index contributed by atoms with van der Waals surface area (Å²) in [6, 6.07) is 0. The molecule has 0 heterocycles.